The highest BCUT2D eigenvalue weighted by molar-refractivity contribution is 5.98. The summed E-state index contributed by atoms with van der Waals surface area (Å²) >= 11 is 0. The van der Waals surface area contributed by atoms with Gasteiger partial charge in [0.25, 0.3) is 5.91 Å². The SMILES string of the molecule is CC(C)Nc1cccc(Nc2nc(N[C@@H]3CCCC[C@@H]3N)nnc2C(N)=O)c1C=N. The fourth-order valence-corrected chi connectivity index (χ4v) is 3.54. The number of hydrogen-bond donors (Lipinski definition) is 6. The second kappa shape index (κ2) is 9.49. The summed E-state index contributed by atoms with van der Waals surface area (Å²) in [6.07, 6.45) is 5.30. The maximum atomic E-state index is 11.9. The lowest BCUT2D eigenvalue weighted by atomic mass is 9.91. The lowest BCUT2D eigenvalue weighted by molar-refractivity contribution is 0.0995. The Morgan fingerprint density at radius 1 is 1.23 bits per heavy atom. The van der Waals surface area contributed by atoms with Crippen molar-refractivity contribution in [2.75, 3.05) is 16.0 Å². The normalized spacial score (nSPS) is 18.7. The molecule has 0 unspecified atom stereocenters. The van der Waals surface area contributed by atoms with Crippen molar-refractivity contribution in [3.63, 3.8) is 0 Å². The summed E-state index contributed by atoms with van der Waals surface area (Å²) in [5.41, 5.74) is 13.6. The number of primary amides is 1. The van der Waals surface area contributed by atoms with Gasteiger partial charge in [0.2, 0.25) is 5.95 Å². The Labute approximate surface area is 175 Å². The fraction of sp³-hybridized carbons (Fsp3) is 0.450. The largest absolute Gasteiger partial charge is 0.382 e. The second-order valence-electron chi connectivity index (χ2n) is 7.73. The van der Waals surface area contributed by atoms with Crippen LogP contribution in [0.25, 0.3) is 0 Å². The second-order valence-corrected chi connectivity index (χ2v) is 7.73. The third-order valence-electron chi connectivity index (χ3n) is 5.00. The van der Waals surface area contributed by atoms with E-state index in [2.05, 4.69) is 31.1 Å². The van der Waals surface area contributed by atoms with Crippen LogP contribution in [-0.2, 0) is 0 Å². The lowest BCUT2D eigenvalue weighted by Gasteiger charge is -2.29. The zero-order chi connectivity index (χ0) is 21.7. The number of nitrogens with one attached hydrogen (secondary N) is 4. The summed E-state index contributed by atoms with van der Waals surface area (Å²) in [4.78, 5) is 16.3. The van der Waals surface area contributed by atoms with Crippen molar-refractivity contribution in [2.45, 2.75) is 57.7 Å². The first-order valence-electron chi connectivity index (χ1n) is 10.1. The molecule has 3 rings (SSSR count). The van der Waals surface area contributed by atoms with E-state index < -0.39 is 5.91 Å². The van der Waals surface area contributed by atoms with Gasteiger partial charge in [0, 0.05) is 35.6 Å². The summed E-state index contributed by atoms with van der Waals surface area (Å²) in [5.74, 6) is -0.293. The number of amides is 1. The van der Waals surface area contributed by atoms with Crippen molar-refractivity contribution in [1.29, 1.82) is 5.41 Å². The van der Waals surface area contributed by atoms with Crippen LogP contribution >= 0.6 is 0 Å². The molecule has 2 atom stereocenters. The predicted octanol–water partition coefficient (Wildman–Crippen LogP) is 2.21. The van der Waals surface area contributed by atoms with E-state index >= 15 is 0 Å². The van der Waals surface area contributed by atoms with E-state index in [1.807, 2.05) is 26.0 Å². The first-order valence-corrected chi connectivity index (χ1v) is 10.1. The Morgan fingerprint density at radius 2 is 1.97 bits per heavy atom. The van der Waals surface area contributed by atoms with E-state index in [1.54, 1.807) is 6.07 Å². The van der Waals surface area contributed by atoms with Crippen molar-refractivity contribution in [3.05, 3.63) is 29.5 Å². The molecule has 160 valence electrons. The molecular formula is C20H29N9O. The number of nitrogens with zero attached hydrogens (tertiary/aromatic N) is 3. The molecule has 0 aliphatic heterocycles. The molecule has 1 saturated carbocycles. The first-order chi connectivity index (χ1) is 14.4. The topological polar surface area (TPSA) is 168 Å². The zero-order valence-corrected chi connectivity index (χ0v) is 17.3. The number of benzene rings is 1. The van der Waals surface area contributed by atoms with Gasteiger partial charge < -0.3 is 32.8 Å². The van der Waals surface area contributed by atoms with E-state index in [1.165, 1.54) is 6.21 Å². The van der Waals surface area contributed by atoms with Gasteiger partial charge in [-0.15, -0.1) is 10.2 Å². The highest BCUT2D eigenvalue weighted by Gasteiger charge is 2.24. The van der Waals surface area contributed by atoms with E-state index in [-0.39, 0.29) is 35.6 Å². The Morgan fingerprint density at radius 3 is 2.63 bits per heavy atom. The molecule has 1 amide bonds. The van der Waals surface area contributed by atoms with Crippen LogP contribution in [0.15, 0.2) is 18.2 Å². The summed E-state index contributed by atoms with van der Waals surface area (Å²) < 4.78 is 0. The average molecular weight is 412 g/mol. The molecule has 0 saturated heterocycles. The maximum Gasteiger partial charge on any atom is 0.273 e. The van der Waals surface area contributed by atoms with Crippen molar-refractivity contribution in [3.8, 4) is 0 Å². The first kappa shape index (κ1) is 21.4. The van der Waals surface area contributed by atoms with Crippen LogP contribution in [0.3, 0.4) is 0 Å². The van der Waals surface area contributed by atoms with E-state index in [0.29, 0.717) is 11.3 Å². The highest BCUT2D eigenvalue weighted by atomic mass is 16.1. The summed E-state index contributed by atoms with van der Waals surface area (Å²) in [6, 6.07) is 5.77. The maximum absolute atomic E-state index is 11.9. The number of hydrogen-bond acceptors (Lipinski definition) is 9. The molecular weight excluding hydrogens is 382 g/mol. The third-order valence-corrected chi connectivity index (χ3v) is 5.00. The molecule has 1 aromatic heterocycles. The quantitative estimate of drug-likeness (QED) is 0.359. The van der Waals surface area contributed by atoms with E-state index in [9.17, 15) is 4.79 Å². The van der Waals surface area contributed by atoms with Gasteiger partial charge in [-0.3, -0.25) is 4.79 Å². The van der Waals surface area contributed by atoms with E-state index in [0.717, 1.165) is 31.4 Å². The molecule has 1 aliphatic rings. The number of rotatable bonds is 8. The van der Waals surface area contributed by atoms with Gasteiger partial charge in [-0.2, -0.15) is 4.98 Å². The fourth-order valence-electron chi connectivity index (χ4n) is 3.54. The van der Waals surface area contributed by atoms with Crippen molar-refractivity contribution in [2.24, 2.45) is 11.5 Å². The van der Waals surface area contributed by atoms with Crippen LogP contribution in [0.4, 0.5) is 23.1 Å². The molecule has 1 fully saturated rings. The number of anilines is 4. The predicted molar refractivity (Wildman–Crippen MR) is 119 cm³/mol. The number of carbonyl (C=O) groups excluding carboxylic acids is 1. The van der Waals surface area contributed by atoms with Gasteiger partial charge in [0.15, 0.2) is 11.5 Å². The van der Waals surface area contributed by atoms with Gasteiger partial charge in [0.05, 0.1) is 5.69 Å². The molecule has 10 heteroatoms. The van der Waals surface area contributed by atoms with Crippen molar-refractivity contribution >= 4 is 35.3 Å². The Balaban J connectivity index is 1.92. The van der Waals surface area contributed by atoms with Crippen LogP contribution in [-0.4, -0.2) is 45.4 Å². The molecule has 1 aromatic carbocycles. The van der Waals surface area contributed by atoms with Gasteiger partial charge >= 0.3 is 0 Å². The number of nitrogens with two attached hydrogens (primary N) is 2. The highest BCUT2D eigenvalue weighted by Crippen LogP contribution is 2.27. The Bertz CT molecular complexity index is 915. The average Bonchev–Trinajstić information content (AvgIpc) is 2.69. The van der Waals surface area contributed by atoms with Gasteiger partial charge in [0.1, 0.15) is 0 Å². The Hall–Kier alpha value is -3.27. The summed E-state index contributed by atoms with van der Waals surface area (Å²) in [5, 5.41) is 25.4. The van der Waals surface area contributed by atoms with Crippen molar-refractivity contribution < 1.29 is 4.79 Å². The minimum absolute atomic E-state index is 0.0119. The van der Waals surface area contributed by atoms with Crippen LogP contribution in [0.5, 0.6) is 0 Å². The minimum Gasteiger partial charge on any atom is -0.382 e. The molecule has 0 spiro atoms. The molecule has 2 aromatic rings. The molecule has 8 N–H and O–H groups in total. The van der Waals surface area contributed by atoms with Gasteiger partial charge in [-0.05, 0) is 38.8 Å². The third kappa shape index (κ3) is 5.01. The monoisotopic (exact) mass is 411 g/mol. The standard InChI is InChI=1S/C20H29N9O/c1-11(2)24-14-8-5-9-15(12(14)10-21)25-19-17(18(23)30)28-29-20(27-19)26-16-7-4-3-6-13(16)22/h5,8-11,13,16,21,24H,3-4,6-7,22H2,1-2H3,(H2,23,30)(H2,25,26,27,29)/t13-,16+/m0/s1. The summed E-state index contributed by atoms with van der Waals surface area (Å²) in [6.45, 7) is 4.03. The summed E-state index contributed by atoms with van der Waals surface area (Å²) in [7, 11) is 0. The molecule has 1 heterocycles. The number of aromatic nitrogens is 3. The zero-order valence-electron chi connectivity index (χ0n) is 17.3. The Kier molecular flexibility index (Phi) is 6.78. The molecule has 1 aliphatic carbocycles. The van der Waals surface area contributed by atoms with Crippen LogP contribution < -0.4 is 27.4 Å². The van der Waals surface area contributed by atoms with Gasteiger partial charge in [-0.25, -0.2) is 0 Å². The lowest BCUT2D eigenvalue weighted by Crippen LogP contribution is -2.43. The number of carbonyl (C=O) groups is 1. The smallest absolute Gasteiger partial charge is 0.273 e. The van der Waals surface area contributed by atoms with Crippen LogP contribution in [0, 0.1) is 5.41 Å². The minimum atomic E-state index is -0.744. The van der Waals surface area contributed by atoms with Crippen molar-refractivity contribution in [1.82, 2.24) is 15.2 Å². The molecule has 0 radical (unpaired) electrons. The molecule has 10 nitrogen and oxygen atoms in total. The van der Waals surface area contributed by atoms with Crippen LogP contribution in [0.1, 0.15) is 55.6 Å². The van der Waals surface area contributed by atoms with Gasteiger partial charge in [-0.1, -0.05) is 18.9 Å². The molecule has 30 heavy (non-hydrogen) atoms. The molecule has 0 bridgehead atoms. The van der Waals surface area contributed by atoms with Crippen LogP contribution in [0.2, 0.25) is 0 Å². The van der Waals surface area contributed by atoms with E-state index in [4.69, 9.17) is 16.9 Å².